The molecule has 1 fully saturated rings. The smallest absolute Gasteiger partial charge is 0.361 e. The number of aromatic nitrogens is 1. The third kappa shape index (κ3) is 6.38. The lowest BCUT2D eigenvalue weighted by Crippen LogP contribution is -2.56. The van der Waals surface area contributed by atoms with Gasteiger partial charge in [-0.3, -0.25) is 9.69 Å². The van der Waals surface area contributed by atoms with Crippen molar-refractivity contribution in [2.75, 3.05) is 26.2 Å². The number of carbonyl (C=O) groups excluding carboxylic acids is 2. The van der Waals surface area contributed by atoms with Gasteiger partial charge in [0.15, 0.2) is 0 Å². The molecule has 1 saturated heterocycles. The van der Waals surface area contributed by atoms with E-state index in [1.807, 2.05) is 24.3 Å². The molecule has 1 N–H and O–H groups in total. The number of piperazine rings is 1. The maximum Gasteiger partial charge on any atom is 0.416 e. The number of nitrogens with zero attached hydrogens (tertiary/aromatic N) is 2. The highest BCUT2D eigenvalue weighted by atomic mass is 19.4. The molecule has 38 heavy (non-hydrogen) atoms. The summed E-state index contributed by atoms with van der Waals surface area (Å²) in [6.45, 7) is 2.98. The van der Waals surface area contributed by atoms with Crippen LogP contribution < -0.4 is 0 Å². The average Bonchev–Trinajstić information content (AvgIpc) is 3.25. The minimum absolute atomic E-state index is 0.0210. The summed E-state index contributed by atoms with van der Waals surface area (Å²) in [7, 11) is 0. The van der Waals surface area contributed by atoms with Gasteiger partial charge in [-0.25, -0.2) is 0 Å². The molecule has 0 spiro atoms. The van der Waals surface area contributed by atoms with Crippen LogP contribution in [-0.4, -0.2) is 58.7 Å². The molecule has 4 rings (SSSR count). The van der Waals surface area contributed by atoms with Crippen LogP contribution in [0.4, 0.5) is 26.3 Å². The topological polar surface area (TPSA) is 56.4 Å². The Labute approximate surface area is 215 Å². The van der Waals surface area contributed by atoms with Gasteiger partial charge in [0.2, 0.25) is 0 Å². The van der Waals surface area contributed by atoms with Gasteiger partial charge in [-0.05, 0) is 56.1 Å². The molecule has 11 heteroatoms. The molecule has 0 radical (unpaired) electrons. The Bertz CT molecular complexity index is 1280. The highest BCUT2D eigenvalue weighted by Crippen LogP contribution is 2.37. The minimum Gasteiger partial charge on any atom is -0.361 e. The van der Waals surface area contributed by atoms with Crippen LogP contribution in [0.1, 0.15) is 46.8 Å². The summed E-state index contributed by atoms with van der Waals surface area (Å²) in [4.78, 5) is 31.4. The van der Waals surface area contributed by atoms with Crippen molar-refractivity contribution in [1.82, 2.24) is 14.8 Å². The first-order chi connectivity index (χ1) is 17.8. The molecule has 0 bridgehead atoms. The van der Waals surface area contributed by atoms with Gasteiger partial charge in [0.05, 0.1) is 11.1 Å². The first-order valence-corrected chi connectivity index (χ1v) is 12.2. The van der Waals surface area contributed by atoms with Crippen LogP contribution in [0.15, 0.2) is 48.7 Å². The summed E-state index contributed by atoms with van der Waals surface area (Å²) in [6, 6.07) is 8.00. The number of ketones is 1. The van der Waals surface area contributed by atoms with Crippen molar-refractivity contribution in [1.29, 1.82) is 0 Å². The normalized spacial score (nSPS) is 17.2. The average molecular weight is 540 g/mol. The molecule has 1 amide bonds. The molecule has 1 aliphatic rings. The van der Waals surface area contributed by atoms with Crippen molar-refractivity contribution in [3.8, 4) is 0 Å². The van der Waals surface area contributed by atoms with Crippen molar-refractivity contribution in [3.63, 3.8) is 0 Å². The van der Waals surface area contributed by atoms with Crippen molar-refractivity contribution in [2.45, 2.75) is 44.6 Å². The van der Waals surface area contributed by atoms with Crippen LogP contribution in [0.2, 0.25) is 0 Å². The van der Waals surface area contributed by atoms with Gasteiger partial charge in [0.25, 0.3) is 5.91 Å². The summed E-state index contributed by atoms with van der Waals surface area (Å²) in [5.74, 6) is -0.825. The number of Topliss-reactive ketones (excluding diaryl/α,β-unsaturated/α-hetero) is 1. The van der Waals surface area contributed by atoms with E-state index in [0.717, 1.165) is 16.5 Å². The third-order valence-electron chi connectivity index (χ3n) is 6.80. The lowest BCUT2D eigenvalue weighted by molar-refractivity contribution is -0.143. The maximum atomic E-state index is 13.5. The monoisotopic (exact) mass is 539 g/mol. The van der Waals surface area contributed by atoms with E-state index in [4.69, 9.17) is 0 Å². The number of H-pyrrole nitrogens is 1. The fourth-order valence-electron chi connectivity index (χ4n) is 4.91. The zero-order chi connectivity index (χ0) is 27.7. The molecule has 1 aliphatic heterocycles. The van der Waals surface area contributed by atoms with E-state index in [1.54, 1.807) is 6.20 Å². The Balaban J connectivity index is 1.66. The number of hydrogen-bond donors (Lipinski definition) is 1. The largest absolute Gasteiger partial charge is 0.416 e. The number of aromatic amines is 1. The predicted molar refractivity (Wildman–Crippen MR) is 130 cm³/mol. The number of carbonyl (C=O) groups is 2. The predicted octanol–water partition coefficient (Wildman–Crippen LogP) is 5.94. The molecular weight excluding hydrogens is 512 g/mol. The van der Waals surface area contributed by atoms with Crippen molar-refractivity contribution in [3.05, 3.63) is 70.9 Å². The van der Waals surface area contributed by atoms with Gasteiger partial charge in [0.1, 0.15) is 5.78 Å². The van der Waals surface area contributed by atoms with E-state index < -0.39 is 41.0 Å². The fraction of sp³-hybridized carbons (Fsp3) is 0.407. The van der Waals surface area contributed by atoms with Gasteiger partial charge in [-0.15, -0.1) is 0 Å². The molecule has 2 aromatic carbocycles. The molecule has 204 valence electrons. The lowest BCUT2D eigenvalue weighted by Gasteiger charge is -2.42. The highest BCUT2D eigenvalue weighted by Gasteiger charge is 2.39. The highest BCUT2D eigenvalue weighted by molar-refractivity contribution is 5.95. The molecule has 1 aromatic heterocycles. The standard InChI is InChI=1S/C27H27F6N3O2/c1-17(37)5-4-8-35-9-10-36(22(16-35)13-19-15-34-24-7-3-2-6-23(19)24)25(38)18-11-20(26(28,29)30)14-21(12-18)27(31,32)33/h2-3,6-7,11-12,14-15,22,34H,4-5,8-10,13,16H2,1H3. The summed E-state index contributed by atoms with van der Waals surface area (Å²) < 4.78 is 80.5. The van der Waals surface area contributed by atoms with E-state index in [1.165, 1.54) is 11.8 Å². The Morgan fingerprint density at radius 1 is 0.974 bits per heavy atom. The summed E-state index contributed by atoms with van der Waals surface area (Å²) in [6.07, 6.45) is -6.93. The van der Waals surface area contributed by atoms with Crippen LogP contribution in [0, 0.1) is 0 Å². The molecule has 1 unspecified atom stereocenters. The number of fused-ring (bicyclic) bond motifs is 1. The molecule has 0 aliphatic carbocycles. The summed E-state index contributed by atoms with van der Waals surface area (Å²) >= 11 is 0. The van der Waals surface area contributed by atoms with Crippen molar-refractivity contribution in [2.24, 2.45) is 0 Å². The zero-order valence-corrected chi connectivity index (χ0v) is 20.6. The first-order valence-electron chi connectivity index (χ1n) is 12.2. The van der Waals surface area contributed by atoms with Crippen molar-refractivity contribution >= 4 is 22.6 Å². The Hall–Kier alpha value is -3.34. The molecule has 5 nitrogen and oxygen atoms in total. The van der Waals surface area contributed by atoms with Gasteiger partial charge in [0, 0.05) is 54.8 Å². The van der Waals surface area contributed by atoms with Gasteiger partial charge in [-0.2, -0.15) is 26.3 Å². The summed E-state index contributed by atoms with van der Waals surface area (Å²) in [5, 5.41) is 0.923. The molecule has 2 heterocycles. The molecule has 1 atom stereocenters. The fourth-order valence-corrected chi connectivity index (χ4v) is 4.91. The molecule has 0 saturated carbocycles. The second-order valence-corrected chi connectivity index (χ2v) is 9.62. The third-order valence-corrected chi connectivity index (χ3v) is 6.80. The second kappa shape index (κ2) is 10.8. The lowest BCUT2D eigenvalue weighted by atomic mass is 9.98. The van der Waals surface area contributed by atoms with Crippen LogP contribution >= 0.6 is 0 Å². The van der Waals surface area contributed by atoms with Crippen LogP contribution in [0.5, 0.6) is 0 Å². The van der Waals surface area contributed by atoms with Gasteiger partial charge >= 0.3 is 12.4 Å². The van der Waals surface area contributed by atoms with E-state index in [-0.39, 0.29) is 18.4 Å². The van der Waals surface area contributed by atoms with E-state index in [0.29, 0.717) is 51.0 Å². The second-order valence-electron chi connectivity index (χ2n) is 9.62. The van der Waals surface area contributed by atoms with E-state index in [2.05, 4.69) is 9.88 Å². The van der Waals surface area contributed by atoms with Crippen LogP contribution in [0.25, 0.3) is 10.9 Å². The quantitative estimate of drug-likeness (QED) is 0.378. The van der Waals surface area contributed by atoms with E-state index in [9.17, 15) is 35.9 Å². The van der Waals surface area contributed by atoms with Crippen molar-refractivity contribution < 1.29 is 35.9 Å². The van der Waals surface area contributed by atoms with E-state index >= 15 is 0 Å². The number of halogens is 6. The zero-order valence-electron chi connectivity index (χ0n) is 20.6. The Morgan fingerprint density at radius 3 is 2.26 bits per heavy atom. The molecule has 3 aromatic rings. The minimum atomic E-state index is -5.05. The number of alkyl halides is 6. The number of para-hydroxylation sites is 1. The SMILES string of the molecule is CC(=O)CCCN1CCN(C(=O)c2cc(C(F)(F)F)cc(C(F)(F)F)c2)C(Cc2c[nH]c3ccccc23)C1. The number of nitrogens with one attached hydrogen (secondary N) is 1. The Kier molecular flexibility index (Phi) is 7.87. The van der Waals surface area contributed by atoms with Crippen LogP contribution in [0.3, 0.4) is 0 Å². The summed E-state index contributed by atoms with van der Waals surface area (Å²) in [5.41, 5.74) is -1.93. The van der Waals surface area contributed by atoms with Gasteiger partial charge in [-0.1, -0.05) is 18.2 Å². The Morgan fingerprint density at radius 2 is 1.63 bits per heavy atom. The number of hydrogen-bond acceptors (Lipinski definition) is 3. The number of rotatable bonds is 7. The number of benzene rings is 2. The van der Waals surface area contributed by atoms with Crippen LogP contribution in [-0.2, 0) is 23.6 Å². The molecular formula is C27H27F6N3O2. The van der Waals surface area contributed by atoms with Gasteiger partial charge < -0.3 is 14.7 Å². The maximum absolute atomic E-state index is 13.5. The number of amides is 1. The first kappa shape index (κ1) is 27.7.